The molecule has 1 fully saturated rings. The molecular formula is C15H23ClN2O. The molecular weight excluding hydrogens is 260 g/mol. The van der Waals surface area contributed by atoms with E-state index in [1.165, 1.54) is 5.56 Å². The van der Waals surface area contributed by atoms with E-state index < -0.39 is 0 Å². The molecule has 1 heterocycles. The summed E-state index contributed by atoms with van der Waals surface area (Å²) in [5.74, 6) is 0.326. The van der Waals surface area contributed by atoms with Crippen LogP contribution in [0.3, 0.4) is 0 Å². The van der Waals surface area contributed by atoms with E-state index in [1.54, 1.807) is 0 Å². The van der Waals surface area contributed by atoms with E-state index >= 15 is 0 Å². The Kier molecular flexibility index (Phi) is 5.39. The molecule has 1 aromatic rings. The Balaban J connectivity index is 0.00000180. The molecule has 1 aromatic carbocycles. The molecule has 0 atom stereocenters. The predicted octanol–water partition coefficient (Wildman–Crippen LogP) is 2.24. The third-order valence-electron chi connectivity index (χ3n) is 3.44. The molecule has 0 aromatic heterocycles. The molecule has 1 saturated heterocycles. The lowest BCUT2D eigenvalue weighted by Crippen LogP contribution is -2.50. The van der Waals surface area contributed by atoms with Crippen LogP contribution in [0.1, 0.15) is 31.9 Å². The molecule has 1 aliphatic rings. The number of nitrogens with one attached hydrogen (secondary N) is 2. The summed E-state index contributed by atoms with van der Waals surface area (Å²) < 4.78 is 0. The number of rotatable bonds is 3. The third-order valence-corrected chi connectivity index (χ3v) is 3.44. The molecule has 2 N–H and O–H groups in total. The molecule has 0 aliphatic carbocycles. The number of hydrogen-bond acceptors (Lipinski definition) is 2. The van der Waals surface area contributed by atoms with Crippen molar-refractivity contribution < 1.29 is 4.79 Å². The van der Waals surface area contributed by atoms with Crippen molar-refractivity contribution in [2.24, 2.45) is 5.92 Å². The van der Waals surface area contributed by atoms with Crippen LogP contribution in [0.4, 0.5) is 0 Å². The molecule has 19 heavy (non-hydrogen) atoms. The number of amides is 1. The van der Waals surface area contributed by atoms with Crippen LogP contribution in [0.2, 0.25) is 0 Å². The van der Waals surface area contributed by atoms with Crippen molar-refractivity contribution in [2.45, 2.75) is 32.7 Å². The summed E-state index contributed by atoms with van der Waals surface area (Å²) in [6, 6.07) is 8.48. The average molecular weight is 283 g/mol. The first kappa shape index (κ1) is 16.0. The zero-order valence-electron chi connectivity index (χ0n) is 11.8. The Morgan fingerprint density at radius 3 is 2.26 bits per heavy atom. The van der Waals surface area contributed by atoms with Gasteiger partial charge in [-0.1, -0.05) is 45.0 Å². The Labute approximate surface area is 121 Å². The van der Waals surface area contributed by atoms with Crippen LogP contribution >= 0.6 is 12.4 Å². The fourth-order valence-corrected chi connectivity index (χ4v) is 1.93. The lowest BCUT2D eigenvalue weighted by Gasteiger charge is -2.25. The van der Waals surface area contributed by atoms with E-state index in [2.05, 4.69) is 55.7 Å². The standard InChI is InChI=1S/C15H22N2O.ClH/c1-15(2,3)13-6-4-11(5-7-13)8-17-14(18)12-9-16-10-12;/h4-7,12,16H,8-10H2,1-3H3,(H,17,18);1H. The second kappa shape index (κ2) is 6.40. The molecule has 0 radical (unpaired) electrons. The van der Waals surface area contributed by atoms with E-state index in [9.17, 15) is 4.79 Å². The highest BCUT2D eigenvalue weighted by atomic mass is 35.5. The summed E-state index contributed by atoms with van der Waals surface area (Å²) in [4.78, 5) is 11.7. The molecule has 0 saturated carbocycles. The van der Waals surface area contributed by atoms with E-state index in [1.807, 2.05) is 0 Å². The highest BCUT2D eigenvalue weighted by molar-refractivity contribution is 5.85. The monoisotopic (exact) mass is 282 g/mol. The maximum Gasteiger partial charge on any atom is 0.225 e. The maximum absolute atomic E-state index is 11.7. The highest BCUT2D eigenvalue weighted by Crippen LogP contribution is 2.22. The number of carbonyl (C=O) groups is 1. The molecule has 106 valence electrons. The van der Waals surface area contributed by atoms with E-state index in [-0.39, 0.29) is 29.6 Å². The summed E-state index contributed by atoms with van der Waals surface area (Å²) in [6.07, 6.45) is 0. The van der Waals surface area contributed by atoms with Crippen molar-refractivity contribution in [1.82, 2.24) is 10.6 Å². The third kappa shape index (κ3) is 4.22. The van der Waals surface area contributed by atoms with Gasteiger partial charge in [0.05, 0.1) is 5.92 Å². The summed E-state index contributed by atoms with van der Waals surface area (Å²) in [7, 11) is 0. The van der Waals surface area contributed by atoms with Crippen LogP contribution in [0, 0.1) is 5.92 Å². The number of carbonyl (C=O) groups excluding carboxylic acids is 1. The summed E-state index contributed by atoms with van der Waals surface area (Å²) in [6.45, 7) is 8.86. The number of benzene rings is 1. The first-order valence-electron chi connectivity index (χ1n) is 6.54. The molecule has 3 nitrogen and oxygen atoms in total. The van der Waals surface area contributed by atoms with Crippen molar-refractivity contribution in [3.8, 4) is 0 Å². The van der Waals surface area contributed by atoms with Crippen LogP contribution in [0.15, 0.2) is 24.3 Å². The van der Waals surface area contributed by atoms with Crippen LogP contribution in [0.25, 0.3) is 0 Å². The van der Waals surface area contributed by atoms with Gasteiger partial charge in [0.1, 0.15) is 0 Å². The van der Waals surface area contributed by atoms with Crippen molar-refractivity contribution in [1.29, 1.82) is 0 Å². The van der Waals surface area contributed by atoms with E-state index in [0.29, 0.717) is 6.54 Å². The molecule has 4 heteroatoms. The van der Waals surface area contributed by atoms with Crippen LogP contribution in [-0.4, -0.2) is 19.0 Å². The normalized spacial score (nSPS) is 15.3. The SMILES string of the molecule is CC(C)(C)c1ccc(CNC(=O)C2CNC2)cc1.Cl. The topological polar surface area (TPSA) is 41.1 Å². The second-order valence-corrected chi connectivity index (χ2v) is 6.02. The highest BCUT2D eigenvalue weighted by Gasteiger charge is 2.24. The summed E-state index contributed by atoms with van der Waals surface area (Å²) in [5, 5.41) is 6.08. The van der Waals surface area contributed by atoms with Gasteiger partial charge < -0.3 is 10.6 Å². The second-order valence-electron chi connectivity index (χ2n) is 6.02. The van der Waals surface area contributed by atoms with Crippen molar-refractivity contribution in [2.75, 3.05) is 13.1 Å². The first-order chi connectivity index (χ1) is 8.47. The van der Waals surface area contributed by atoms with Gasteiger partial charge in [-0.3, -0.25) is 4.79 Å². The van der Waals surface area contributed by atoms with E-state index in [0.717, 1.165) is 18.7 Å². The fraction of sp³-hybridized carbons (Fsp3) is 0.533. The van der Waals surface area contributed by atoms with Crippen LogP contribution < -0.4 is 10.6 Å². The summed E-state index contributed by atoms with van der Waals surface area (Å²) in [5.41, 5.74) is 2.66. The average Bonchev–Trinajstić information content (AvgIpc) is 2.23. The fourth-order valence-electron chi connectivity index (χ4n) is 1.93. The minimum absolute atomic E-state index is 0. The van der Waals surface area contributed by atoms with Gasteiger partial charge in [-0.2, -0.15) is 0 Å². The van der Waals surface area contributed by atoms with Crippen molar-refractivity contribution >= 4 is 18.3 Å². The van der Waals surface area contributed by atoms with Gasteiger partial charge in [-0.05, 0) is 16.5 Å². The lowest BCUT2D eigenvalue weighted by atomic mass is 9.87. The zero-order chi connectivity index (χ0) is 13.2. The minimum Gasteiger partial charge on any atom is -0.352 e. The first-order valence-corrected chi connectivity index (χ1v) is 6.54. The maximum atomic E-state index is 11.7. The van der Waals surface area contributed by atoms with Gasteiger partial charge in [-0.15, -0.1) is 12.4 Å². The Morgan fingerprint density at radius 1 is 1.26 bits per heavy atom. The Morgan fingerprint density at radius 2 is 1.84 bits per heavy atom. The molecule has 0 spiro atoms. The smallest absolute Gasteiger partial charge is 0.225 e. The molecule has 2 rings (SSSR count). The molecule has 0 unspecified atom stereocenters. The van der Waals surface area contributed by atoms with Crippen molar-refractivity contribution in [3.63, 3.8) is 0 Å². The van der Waals surface area contributed by atoms with Gasteiger partial charge in [0.15, 0.2) is 0 Å². The van der Waals surface area contributed by atoms with E-state index in [4.69, 9.17) is 0 Å². The number of halogens is 1. The quantitative estimate of drug-likeness (QED) is 0.893. The summed E-state index contributed by atoms with van der Waals surface area (Å²) >= 11 is 0. The Bertz CT molecular complexity index is 419. The van der Waals surface area contributed by atoms with Crippen LogP contribution in [0.5, 0.6) is 0 Å². The molecule has 0 bridgehead atoms. The molecule has 1 aliphatic heterocycles. The minimum atomic E-state index is 0. The van der Waals surface area contributed by atoms with Gasteiger partial charge in [0, 0.05) is 19.6 Å². The Hall–Kier alpha value is -1.06. The van der Waals surface area contributed by atoms with Gasteiger partial charge >= 0.3 is 0 Å². The van der Waals surface area contributed by atoms with Gasteiger partial charge in [0.25, 0.3) is 0 Å². The zero-order valence-corrected chi connectivity index (χ0v) is 12.6. The van der Waals surface area contributed by atoms with Gasteiger partial charge in [-0.25, -0.2) is 0 Å². The predicted molar refractivity (Wildman–Crippen MR) is 80.6 cm³/mol. The number of hydrogen-bond donors (Lipinski definition) is 2. The lowest BCUT2D eigenvalue weighted by molar-refractivity contribution is -0.126. The largest absolute Gasteiger partial charge is 0.352 e. The van der Waals surface area contributed by atoms with Crippen molar-refractivity contribution in [3.05, 3.63) is 35.4 Å². The van der Waals surface area contributed by atoms with Gasteiger partial charge in [0.2, 0.25) is 5.91 Å². The van der Waals surface area contributed by atoms with Crippen LogP contribution in [-0.2, 0) is 16.8 Å². The molecule has 1 amide bonds.